The first-order valence-electron chi connectivity index (χ1n) is 13.5. The molecule has 5 rings (SSSR count). The number of aromatic amines is 1. The number of halogens is 2. The van der Waals surface area contributed by atoms with Gasteiger partial charge in [0.15, 0.2) is 21.4 Å². The van der Waals surface area contributed by atoms with Crippen molar-refractivity contribution in [1.82, 2.24) is 24.8 Å². The number of rotatable bonds is 8. The van der Waals surface area contributed by atoms with Crippen LogP contribution in [0.4, 0.5) is 8.78 Å². The van der Waals surface area contributed by atoms with Crippen LogP contribution in [-0.2, 0) is 27.5 Å². The van der Waals surface area contributed by atoms with E-state index in [1.807, 2.05) is 25.1 Å². The lowest BCUT2D eigenvalue weighted by atomic mass is 9.99. The fourth-order valence-corrected chi connectivity index (χ4v) is 6.42. The van der Waals surface area contributed by atoms with Gasteiger partial charge in [-0.1, -0.05) is 30.3 Å². The quantitative estimate of drug-likeness (QED) is 0.335. The molecule has 2 aromatic carbocycles. The monoisotopic (exact) mass is 581 g/mol. The number of Topliss-reactive ketones (excluding diaryl/α,β-unsaturated/α-hetero) is 1. The number of para-hydroxylation sites is 1. The van der Waals surface area contributed by atoms with Gasteiger partial charge in [0.05, 0.1) is 12.2 Å². The highest BCUT2D eigenvalue weighted by atomic mass is 32.2. The Balaban J connectivity index is 1.42. The predicted molar refractivity (Wildman–Crippen MR) is 153 cm³/mol. The molecule has 0 aliphatic carbocycles. The summed E-state index contributed by atoms with van der Waals surface area (Å²) in [7, 11) is -1.68. The highest BCUT2D eigenvalue weighted by Gasteiger charge is 2.30. The van der Waals surface area contributed by atoms with Crippen LogP contribution in [0.2, 0.25) is 0 Å². The van der Waals surface area contributed by atoms with Gasteiger partial charge >= 0.3 is 0 Å². The summed E-state index contributed by atoms with van der Waals surface area (Å²) in [6.07, 6.45) is 3.72. The van der Waals surface area contributed by atoms with Gasteiger partial charge in [-0.3, -0.25) is 9.69 Å². The van der Waals surface area contributed by atoms with E-state index < -0.39 is 26.4 Å². The molecule has 1 aliphatic heterocycles. The maximum absolute atomic E-state index is 15.0. The lowest BCUT2D eigenvalue weighted by Crippen LogP contribution is -2.55. The fourth-order valence-electron chi connectivity index (χ4n) is 5.64. The van der Waals surface area contributed by atoms with Gasteiger partial charge < -0.3 is 9.88 Å². The fraction of sp³-hybridized carbons (Fsp3) is 0.367. The highest BCUT2D eigenvalue weighted by Crippen LogP contribution is 2.32. The molecule has 1 fully saturated rings. The number of benzene rings is 2. The maximum Gasteiger partial charge on any atom is 0.178 e. The van der Waals surface area contributed by atoms with Crippen molar-refractivity contribution in [3.63, 3.8) is 0 Å². The first-order chi connectivity index (χ1) is 19.4. The Morgan fingerprint density at radius 1 is 1.15 bits per heavy atom. The van der Waals surface area contributed by atoms with Gasteiger partial charge in [-0.15, -0.1) is 0 Å². The van der Waals surface area contributed by atoms with E-state index in [0.29, 0.717) is 10.9 Å². The third-order valence-electron chi connectivity index (χ3n) is 7.85. The molecule has 8 nitrogen and oxygen atoms in total. The van der Waals surface area contributed by atoms with E-state index >= 15 is 4.39 Å². The largest absolute Gasteiger partial charge is 0.360 e. The summed E-state index contributed by atoms with van der Waals surface area (Å²) in [5.41, 5.74) is 2.14. The number of carbonyl (C=O) groups is 1. The van der Waals surface area contributed by atoms with Crippen LogP contribution in [-0.4, -0.2) is 84.0 Å². The van der Waals surface area contributed by atoms with Crippen molar-refractivity contribution in [2.24, 2.45) is 0 Å². The molecule has 1 N–H and O–H groups in total. The second-order valence-electron chi connectivity index (χ2n) is 10.9. The smallest absolute Gasteiger partial charge is 0.178 e. The minimum atomic E-state index is -3.76. The number of H-pyrrole nitrogens is 1. The third-order valence-corrected chi connectivity index (χ3v) is 8.97. The lowest BCUT2D eigenvalue weighted by molar-refractivity contribution is -0.124. The average molecular weight is 582 g/mol. The van der Waals surface area contributed by atoms with Crippen LogP contribution in [0.1, 0.15) is 30.8 Å². The Kier molecular flexibility index (Phi) is 8.04. The van der Waals surface area contributed by atoms with Crippen molar-refractivity contribution in [3.05, 3.63) is 77.4 Å². The van der Waals surface area contributed by atoms with E-state index in [0.717, 1.165) is 43.2 Å². The van der Waals surface area contributed by atoms with Crippen LogP contribution in [0.25, 0.3) is 22.2 Å². The normalized spacial score (nSPS) is 17.7. The summed E-state index contributed by atoms with van der Waals surface area (Å²) in [6, 6.07) is 9.70. The maximum atomic E-state index is 15.0. The van der Waals surface area contributed by atoms with E-state index in [2.05, 4.69) is 38.7 Å². The summed E-state index contributed by atoms with van der Waals surface area (Å²) in [5.74, 6) is -1.27. The number of likely N-dealkylation sites (N-methyl/N-ethyl adjacent to an activating group) is 1. The molecule has 11 heteroatoms. The standard InChI is InChI=1S/C30H33F2N5O3S/c1-18-17-36(3)11-12-37(18)19(2)25(38)13-21-8-5-9-22-23(15-34-29(21)22)30-24(31)16-33-27(35-30)14-20-7-6-10-26(28(20)32)41(4,39)40/h5-10,15-16,18-19,34H,11-14,17H2,1-4H3/t18-,19+/m1/s1. The van der Waals surface area contributed by atoms with Gasteiger partial charge in [-0.25, -0.2) is 27.2 Å². The van der Waals surface area contributed by atoms with Crippen molar-refractivity contribution < 1.29 is 22.0 Å². The minimum Gasteiger partial charge on any atom is -0.360 e. The average Bonchev–Trinajstić information content (AvgIpc) is 3.35. The number of piperazine rings is 1. The number of sulfone groups is 1. The van der Waals surface area contributed by atoms with Crippen molar-refractivity contribution in [3.8, 4) is 11.3 Å². The number of nitrogens with zero attached hydrogens (tertiary/aromatic N) is 4. The molecule has 0 radical (unpaired) electrons. The van der Waals surface area contributed by atoms with Gasteiger partial charge in [0.1, 0.15) is 22.2 Å². The van der Waals surface area contributed by atoms with Crippen molar-refractivity contribution >= 4 is 26.5 Å². The molecule has 0 unspecified atom stereocenters. The van der Waals surface area contributed by atoms with Crippen LogP contribution in [0.3, 0.4) is 0 Å². The summed E-state index contributed by atoms with van der Waals surface area (Å²) in [4.78, 5) is 29.0. The molecular formula is C30H33F2N5O3S. The molecule has 0 spiro atoms. The Morgan fingerprint density at radius 2 is 1.88 bits per heavy atom. The zero-order valence-corrected chi connectivity index (χ0v) is 24.3. The summed E-state index contributed by atoms with van der Waals surface area (Å²) in [5, 5.41) is 0.699. The van der Waals surface area contributed by atoms with Crippen molar-refractivity contribution in [2.75, 3.05) is 32.9 Å². The van der Waals surface area contributed by atoms with Crippen molar-refractivity contribution in [2.45, 2.75) is 43.7 Å². The zero-order chi connectivity index (χ0) is 29.5. The van der Waals surface area contributed by atoms with Crippen LogP contribution in [0.5, 0.6) is 0 Å². The van der Waals surface area contributed by atoms with E-state index in [-0.39, 0.29) is 47.8 Å². The Labute approximate surface area is 238 Å². The second-order valence-corrected chi connectivity index (χ2v) is 12.9. The first kappa shape index (κ1) is 29.0. The molecule has 1 aliphatic rings. The van der Waals surface area contributed by atoms with Crippen LogP contribution in [0.15, 0.2) is 53.7 Å². The molecule has 1 saturated heterocycles. The van der Waals surface area contributed by atoms with Crippen LogP contribution >= 0.6 is 0 Å². The molecule has 2 atom stereocenters. The van der Waals surface area contributed by atoms with Crippen LogP contribution in [0, 0.1) is 11.6 Å². The molecule has 0 saturated carbocycles. The number of aromatic nitrogens is 3. The summed E-state index contributed by atoms with van der Waals surface area (Å²) < 4.78 is 53.8. The Hall–Kier alpha value is -3.54. The molecule has 4 aromatic rings. The minimum absolute atomic E-state index is 0.0315. The summed E-state index contributed by atoms with van der Waals surface area (Å²) >= 11 is 0. The number of ketones is 1. The van der Waals surface area contributed by atoms with E-state index in [1.54, 1.807) is 6.20 Å². The number of hydrogen-bond acceptors (Lipinski definition) is 7. The lowest BCUT2D eigenvalue weighted by Gasteiger charge is -2.41. The van der Waals surface area contributed by atoms with E-state index in [4.69, 9.17) is 0 Å². The molecule has 216 valence electrons. The van der Waals surface area contributed by atoms with E-state index in [1.165, 1.54) is 18.2 Å². The predicted octanol–water partition coefficient (Wildman–Crippen LogP) is 4.03. The topological polar surface area (TPSA) is 99.3 Å². The number of fused-ring (bicyclic) bond motifs is 1. The van der Waals surface area contributed by atoms with Gasteiger partial charge in [0.2, 0.25) is 0 Å². The highest BCUT2D eigenvalue weighted by molar-refractivity contribution is 7.90. The number of carbonyl (C=O) groups excluding carboxylic acids is 1. The number of hydrogen-bond donors (Lipinski definition) is 1. The van der Waals surface area contributed by atoms with Gasteiger partial charge in [0.25, 0.3) is 0 Å². The third kappa shape index (κ3) is 5.93. The summed E-state index contributed by atoms with van der Waals surface area (Å²) in [6.45, 7) is 6.75. The molecule has 0 bridgehead atoms. The second kappa shape index (κ2) is 11.4. The number of nitrogens with one attached hydrogen (secondary N) is 1. The molecular weight excluding hydrogens is 548 g/mol. The molecule has 2 aromatic heterocycles. The van der Waals surface area contributed by atoms with Crippen molar-refractivity contribution in [1.29, 1.82) is 0 Å². The Morgan fingerprint density at radius 3 is 2.61 bits per heavy atom. The van der Waals surface area contributed by atoms with Gasteiger partial charge in [-0.05, 0) is 38.1 Å². The van der Waals surface area contributed by atoms with E-state index in [9.17, 15) is 17.6 Å². The molecule has 0 amide bonds. The molecule has 3 heterocycles. The molecule has 41 heavy (non-hydrogen) atoms. The Bertz CT molecular complexity index is 1720. The van der Waals surface area contributed by atoms with Crippen LogP contribution < -0.4 is 0 Å². The van der Waals surface area contributed by atoms with Gasteiger partial charge in [-0.2, -0.15) is 0 Å². The first-order valence-corrected chi connectivity index (χ1v) is 15.4. The SMILES string of the molecule is C[C@@H]1CN(C)CCN1[C@@H](C)C(=O)Cc1cccc2c(-c3nc(Cc4cccc(S(C)(=O)=O)c4F)ncc3F)c[nH]c12. The zero-order valence-electron chi connectivity index (χ0n) is 23.5. The van der Waals surface area contributed by atoms with Gasteiger partial charge in [0, 0.05) is 67.4 Å².